The number of rotatable bonds is 5. The van der Waals surface area contributed by atoms with Crippen molar-refractivity contribution in [3.63, 3.8) is 0 Å². The van der Waals surface area contributed by atoms with Crippen LogP contribution in [0.3, 0.4) is 0 Å². The van der Waals surface area contributed by atoms with Crippen LogP contribution in [-0.4, -0.2) is 16.9 Å². The lowest BCUT2D eigenvalue weighted by Gasteiger charge is -2.13. The zero-order valence-corrected chi connectivity index (χ0v) is 14.5. The summed E-state index contributed by atoms with van der Waals surface area (Å²) in [6.45, 7) is 5.60. The van der Waals surface area contributed by atoms with Crippen molar-refractivity contribution in [3.05, 3.63) is 45.4 Å². The van der Waals surface area contributed by atoms with Gasteiger partial charge in [-0.2, -0.15) is 0 Å². The van der Waals surface area contributed by atoms with E-state index in [0.29, 0.717) is 5.13 Å². The normalized spacial score (nSPS) is 13.7. The lowest BCUT2D eigenvalue weighted by Crippen LogP contribution is -2.34. The van der Waals surface area contributed by atoms with Crippen molar-refractivity contribution >= 4 is 34.0 Å². The average Bonchev–Trinajstić information content (AvgIpc) is 2.89. The van der Waals surface area contributed by atoms with Gasteiger partial charge in [0.25, 0.3) is 0 Å². The first kappa shape index (κ1) is 16.9. The van der Waals surface area contributed by atoms with Crippen molar-refractivity contribution in [1.82, 2.24) is 4.98 Å². The molecule has 2 rings (SSSR count). The van der Waals surface area contributed by atoms with Crippen LogP contribution >= 0.6 is 22.9 Å². The van der Waals surface area contributed by atoms with E-state index in [1.807, 2.05) is 32.9 Å². The van der Waals surface area contributed by atoms with Crippen molar-refractivity contribution in [1.29, 1.82) is 0 Å². The second kappa shape index (κ2) is 7.22. The molecule has 2 unspecified atom stereocenters. The van der Waals surface area contributed by atoms with Crippen LogP contribution in [0.2, 0.25) is 5.02 Å². The minimum Gasteiger partial charge on any atom is -0.327 e. The summed E-state index contributed by atoms with van der Waals surface area (Å²) in [5, 5.41) is 4.18. The number of hydrogen-bond acceptors (Lipinski definition) is 4. The molecule has 1 aromatic heterocycles. The Bertz CT molecular complexity index is 669. The van der Waals surface area contributed by atoms with Gasteiger partial charge < -0.3 is 11.1 Å². The van der Waals surface area contributed by atoms with Gasteiger partial charge in [0, 0.05) is 28.6 Å². The first-order chi connectivity index (χ1) is 10.4. The summed E-state index contributed by atoms with van der Waals surface area (Å²) >= 11 is 7.61. The van der Waals surface area contributed by atoms with Crippen LogP contribution in [0, 0.1) is 12.8 Å². The van der Waals surface area contributed by atoms with E-state index in [9.17, 15) is 4.79 Å². The Balaban J connectivity index is 2.02. The molecule has 0 saturated heterocycles. The molecule has 0 radical (unpaired) electrons. The highest BCUT2D eigenvalue weighted by molar-refractivity contribution is 7.15. The van der Waals surface area contributed by atoms with Crippen LogP contribution in [0.25, 0.3) is 0 Å². The molecule has 0 saturated carbocycles. The zero-order valence-electron chi connectivity index (χ0n) is 12.9. The van der Waals surface area contributed by atoms with Gasteiger partial charge in [0.05, 0.1) is 5.92 Å². The van der Waals surface area contributed by atoms with E-state index >= 15 is 0 Å². The molecule has 0 aliphatic heterocycles. The third-order valence-corrected chi connectivity index (χ3v) is 4.92. The molecule has 0 bridgehead atoms. The van der Waals surface area contributed by atoms with E-state index in [4.69, 9.17) is 17.3 Å². The summed E-state index contributed by atoms with van der Waals surface area (Å²) in [6.07, 6.45) is 2.53. The fourth-order valence-electron chi connectivity index (χ4n) is 1.85. The molecule has 0 spiro atoms. The van der Waals surface area contributed by atoms with Crippen LogP contribution < -0.4 is 11.1 Å². The largest absolute Gasteiger partial charge is 0.327 e. The Labute approximate surface area is 139 Å². The van der Waals surface area contributed by atoms with Crippen LogP contribution in [0.1, 0.15) is 29.9 Å². The van der Waals surface area contributed by atoms with Gasteiger partial charge in [-0.15, -0.1) is 11.3 Å². The van der Waals surface area contributed by atoms with Gasteiger partial charge in [-0.3, -0.25) is 4.79 Å². The number of carbonyl (C=O) groups excluding carboxylic acids is 1. The molecule has 1 heterocycles. The molecule has 0 aliphatic carbocycles. The monoisotopic (exact) mass is 337 g/mol. The van der Waals surface area contributed by atoms with Crippen molar-refractivity contribution in [3.8, 4) is 0 Å². The maximum atomic E-state index is 12.0. The molecule has 0 fully saturated rings. The van der Waals surface area contributed by atoms with Crippen LogP contribution in [0.5, 0.6) is 0 Å². The number of thiazole rings is 1. The second-order valence-corrected chi connectivity index (χ2v) is 7.05. The van der Waals surface area contributed by atoms with Crippen molar-refractivity contribution in [2.45, 2.75) is 33.2 Å². The van der Waals surface area contributed by atoms with E-state index < -0.39 is 0 Å². The summed E-state index contributed by atoms with van der Waals surface area (Å²) in [7, 11) is 0. The standard InChI is InChI=1S/C16H20ClN3OS/c1-9-4-5-12(7-14(9)17)6-13-8-19-16(22-13)20-15(21)10(2)11(3)18/h4-5,7-8,10-11H,6,18H2,1-3H3,(H,19,20,21). The lowest BCUT2D eigenvalue weighted by molar-refractivity contribution is -0.119. The topological polar surface area (TPSA) is 68.0 Å². The number of hydrogen-bond donors (Lipinski definition) is 2. The van der Waals surface area contributed by atoms with Crippen LogP contribution in [0.4, 0.5) is 5.13 Å². The number of amides is 1. The summed E-state index contributed by atoms with van der Waals surface area (Å²) < 4.78 is 0. The number of nitrogens with zero attached hydrogens (tertiary/aromatic N) is 1. The Hall–Kier alpha value is -1.43. The van der Waals surface area contributed by atoms with E-state index in [0.717, 1.165) is 27.4 Å². The number of benzene rings is 1. The molecule has 4 nitrogen and oxygen atoms in total. The van der Waals surface area contributed by atoms with Gasteiger partial charge in [-0.05, 0) is 31.0 Å². The third kappa shape index (κ3) is 4.29. The number of aryl methyl sites for hydroxylation is 1. The van der Waals surface area contributed by atoms with Crippen LogP contribution in [-0.2, 0) is 11.2 Å². The maximum Gasteiger partial charge on any atom is 0.230 e. The van der Waals surface area contributed by atoms with Gasteiger partial charge in [0.15, 0.2) is 5.13 Å². The molecule has 2 aromatic rings. The number of carbonyl (C=O) groups is 1. The molecule has 0 aliphatic rings. The first-order valence-electron chi connectivity index (χ1n) is 7.13. The molecule has 1 amide bonds. The van der Waals surface area contributed by atoms with Gasteiger partial charge in [0.1, 0.15) is 0 Å². The van der Waals surface area contributed by atoms with Crippen molar-refractivity contribution < 1.29 is 4.79 Å². The number of halogens is 1. The van der Waals surface area contributed by atoms with Crippen molar-refractivity contribution in [2.75, 3.05) is 5.32 Å². The SMILES string of the molecule is Cc1ccc(Cc2cnc(NC(=O)C(C)C(C)N)s2)cc1Cl. The number of nitrogens with two attached hydrogens (primary N) is 1. The number of nitrogens with one attached hydrogen (secondary N) is 1. The van der Waals surface area contributed by atoms with Gasteiger partial charge in [-0.1, -0.05) is 30.7 Å². The number of anilines is 1. The maximum absolute atomic E-state index is 12.0. The van der Waals surface area contributed by atoms with Crippen LogP contribution in [0.15, 0.2) is 24.4 Å². The smallest absolute Gasteiger partial charge is 0.230 e. The summed E-state index contributed by atoms with van der Waals surface area (Å²) in [6, 6.07) is 5.84. The van der Waals surface area contributed by atoms with Gasteiger partial charge in [0.2, 0.25) is 5.91 Å². The van der Waals surface area contributed by atoms with E-state index in [1.165, 1.54) is 11.3 Å². The zero-order chi connectivity index (χ0) is 16.3. The highest BCUT2D eigenvalue weighted by atomic mass is 35.5. The quantitative estimate of drug-likeness (QED) is 0.875. The van der Waals surface area contributed by atoms with Crippen molar-refractivity contribution in [2.24, 2.45) is 11.7 Å². The minimum atomic E-state index is -0.247. The lowest BCUT2D eigenvalue weighted by atomic mass is 10.0. The fourth-order valence-corrected chi connectivity index (χ4v) is 2.91. The first-order valence-corrected chi connectivity index (χ1v) is 8.32. The summed E-state index contributed by atoms with van der Waals surface area (Å²) in [4.78, 5) is 17.3. The fraction of sp³-hybridized carbons (Fsp3) is 0.375. The molecule has 6 heteroatoms. The average molecular weight is 338 g/mol. The Kier molecular flexibility index (Phi) is 5.56. The number of aromatic nitrogens is 1. The summed E-state index contributed by atoms with van der Waals surface area (Å²) in [5.74, 6) is -0.350. The molecule has 118 valence electrons. The predicted octanol–water partition coefficient (Wildman–Crippen LogP) is 3.62. The van der Waals surface area contributed by atoms with E-state index in [-0.39, 0.29) is 17.9 Å². The molecule has 22 heavy (non-hydrogen) atoms. The molecular formula is C16H20ClN3OS. The molecular weight excluding hydrogens is 318 g/mol. The summed E-state index contributed by atoms with van der Waals surface area (Å²) in [5.41, 5.74) is 7.92. The van der Waals surface area contributed by atoms with Gasteiger partial charge in [-0.25, -0.2) is 4.98 Å². The molecule has 3 N–H and O–H groups in total. The highest BCUT2D eigenvalue weighted by Crippen LogP contribution is 2.24. The van der Waals surface area contributed by atoms with Gasteiger partial charge >= 0.3 is 0 Å². The van der Waals surface area contributed by atoms with E-state index in [2.05, 4.69) is 16.4 Å². The highest BCUT2D eigenvalue weighted by Gasteiger charge is 2.18. The molecule has 2 atom stereocenters. The minimum absolute atomic E-state index is 0.103. The third-order valence-electron chi connectivity index (χ3n) is 3.60. The molecule has 1 aromatic carbocycles. The second-order valence-electron chi connectivity index (χ2n) is 5.53. The Morgan fingerprint density at radius 2 is 2.18 bits per heavy atom. The van der Waals surface area contributed by atoms with E-state index in [1.54, 1.807) is 6.20 Å². The predicted molar refractivity (Wildman–Crippen MR) is 92.6 cm³/mol. The Morgan fingerprint density at radius 1 is 1.45 bits per heavy atom. The Morgan fingerprint density at radius 3 is 2.82 bits per heavy atom.